The van der Waals surface area contributed by atoms with Crippen molar-refractivity contribution in [3.8, 4) is 0 Å². The van der Waals surface area contributed by atoms with Gasteiger partial charge in [-0.2, -0.15) is 0 Å². The molecular formula is C11H14O3. The van der Waals surface area contributed by atoms with Gasteiger partial charge in [0.25, 0.3) is 0 Å². The Balaban J connectivity index is 2.28. The Bertz CT molecular complexity index is 274. The molecule has 0 saturated carbocycles. The van der Waals surface area contributed by atoms with Crippen molar-refractivity contribution in [3.63, 3.8) is 0 Å². The second kappa shape index (κ2) is 6.02. The highest BCUT2D eigenvalue weighted by atomic mass is 16.5. The monoisotopic (exact) mass is 194 g/mol. The number of hydrogen-bond acceptors (Lipinski definition) is 3. The maximum atomic E-state index is 10.0. The predicted molar refractivity (Wildman–Crippen MR) is 53.8 cm³/mol. The SMILES string of the molecule is O=CCCCOC1=CCC=C(O)C=C1. The molecule has 1 aliphatic carbocycles. The van der Waals surface area contributed by atoms with Crippen molar-refractivity contribution in [2.75, 3.05) is 6.61 Å². The lowest BCUT2D eigenvalue weighted by Crippen LogP contribution is -1.93. The third-order valence-corrected chi connectivity index (χ3v) is 1.80. The average molecular weight is 194 g/mol. The molecule has 14 heavy (non-hydrogen) atoms. The summed E-state index contributed by atoms with van der Waals surface area (Å²) in [6, 6.07) is 0. The molecule has 0 saturated heterocycles. The summed E-state index contributed by atoms with van der Waals surface area (Å²) in [7, 11) is 0. The zero-order valence-corrected chi connectivity index (χ0v) is 7.98. The van der Waals surface area contributed by atoms with E-state index in [1.165, 1.54) is 0 Å². The average Bonchev–Trinajstić information content (AvgIpc) is 2.38. The van der Waals surface area contributed by atoms with Crippen LogP contribution in [0, 0.1) is 0 Å². The van der Waals surface area contributed by atoms with Crippen LogP contribution in [0.4, 0.5) is 0 Å². The van der Waals surface area contributed by atoms with Gasteiger partial charge in [0.15, 0.2) is 0 Å². The number of aliphatic hydroxyl groups is 1. The standard InChI is InChI=1S/C11H14O3/c12-8-1-2-9-14-11-5-3-4-10(13)6-7-11/h4-8,13H,1-3,9H2. The molecule has 0 atom stereocenters. The molecule has 0 amide bonds. The Labute approximate surface area is 83.4 Å². The smallest absolute Gasteiger partial charge is 0.120 e. The van der Waals surface area contributed by atoms with Gasteiger partial charge >= 0.3 is 0 Å². The van der Waals surface area contributed by atoms with Crippen LogP contribution in [-0.4, -0.2) is 18.0 Å². The van der Waals surface area contributed by atoms with E-state index >= 15 is 0 Å². The minimum absolute atomic E-state index is 0.257. The van der Waals surface area contributed by atoms with E-state index in [1.807, 2.05) is 6.08 Å². The summed E-state index contributed by atoms with van der Waals surface area (Å²) in [5.74, 6) is 1.00. The quantitative estimate of drug-likeness (QED) is 0.539. The zero-order valence-electron chi connectivity index (χ0n) is 7.98. The summed E-state index contributed by atoms with van der Waals surface area (Å²) < 4.78 is 5.38. The van der Waals surface area contributed by atoms with Crippen molar-refractivity contribution in [2.45, 2.75) is 19.3 Å². The topological polar surface area (TPSA) is 46.5 Å². The van der Waals surface area contributed by atoms with E-state index < -0.39 is 0 Å². The fourth-order valence-electron chi connectivity index (χ4n) is 1.06. The Kier molecular flexibility index (Phi) is 4.55. The number of unbranched alkanes of at least 4 members (excludes halogenated alkanes) is 1. The molecule has 1 aliphatic rings. The molecule has 0 aromatic heterocycles. The van der Waals surface area contributed by atoms with Crippen molar-refractivity contribution in [1.29, 1.82) is 0 Å². The van der Waals surface area contributed by atoms with E-state index in [1.54, 1.807) is 18.2 Å². The molecule has 0 unspecified atom stereocenters. The largest absolute Gasteiger partial charge is 0.508 e. The number of hydrogen-bond donors (Lipinski definition) is 1. The molecular weight excluding hydrogens is 180 g/mol. The summed E-state index contributed by atoms with van der Waals surface area (Å²) in [5, 5.41) is 9.16. The third-order valence-electron chi connectivity index (χ3n) is 1.80. The number of carbonyl (C=O) groups excluding carboxylic acids is 1. The van der Waals surface area contributed by atoms with Gasteiger partial charge in [-0.25, -0.2) is 0 Å². The Morgan fingerprint density at radius 1 is 1.43 bits per heavy atom. The Morgan fingerprint density at radius 2 is 2.29 bits per heavy atom. The van der Waals surface area contributed by atoms with Crippen LogP contribution in [-0.2, 0) is 9.53 Å². The lowest BCUT2D eigenvalue weighted by atomic mass is 10.3. The molecule has 0 radical (unpaired) electrons. The van der Waals surface area contributed by atoms with Gasteiger partial charge in [0.2, 0.25) is 0 Å². The molecule has 1 rings (SSSR count). The van der Waals surface area contributed by atoms with E-state index in [-0.39, 0.29) is 5.76 Å². The minimum atomic E-state index is 0.257. The minimum Gasteiger partial charge on any atom is -0.508 e. The van der Waals surface area contributed by atoms with Crippen molar-refractivity contribution >= 4 is 6.29 Å². The van der Waals surface area contributed by atoms with Crippen molar-refractivity contribution in [3.05, 3.63) is 35.8 Å². The van der Waals surface area contributed by atoms with E-state index in [2.05, 4.69) is 0 Å². The second-order valence-corrected chi connectivity index (χ2v) is 2.96. The molecule has 0 aromatic carbocycles. The van der Waals surface area contributed by atoms with E-state index in [0.717, 1.165) is 18.5 Å². The maximum absolute atomic E-state index is 10.0. The van der Waals surface area contributed by atoms with Gasteiger partial charge in [0.05, 0.1) is 6.61 Å². The van der Waals surface area contributed by atoms with Gasteiger partial charge in [-0.3, -0.25) is 0 Å². The molecule has 3 heteroatoms. The lowest BCUT2D eigenvalue weighted by molar-refractivity contribution is -0.108. The highest BCUT2D eigenvalue weighted by Gasteiger charge is 1.97. The first-order valence-corrected chi connectivity index (χ1v) is 4.66. The van der Waals surface area contributed by atoms with Crippen LogP contribution in [0.5, 0.6) is 0 Å². The fourth-order valence-corrected chi connectivity index (χ4v) is 1.06. The highest BCUT2D eigenvalue weighted by Crippen LogP contribution is 2.10. The maximum Gasteiger partial charge on any atom is 0.120 e. The number of ether oxygens (including phenoxy) is 1. The molecule has 1 N–H and O–H groups in total. The van der Waals surface area contributed by atoms with Gasteiger partial charge in [0.1, 0.15) is 17.8 Å². The van der Waals surface area contributed by atoms with Gasteiger partial charge in [-0.15, -0.1) is 0 Å². The number of aldehydes is 1. The summed E-state index contributed by atoms with van der Waals surface area (Å²) in [6.45, 7) is 0.537. The molecule has 76 valence electrons. The Hall–Kier alpha value is -1.51. The molecule has 0 fully saturated rings. The van der Waals surface area contributed by atoms with Crippen molar-refractivity contribution in [1.82, 2.24) is 0 Å². The van der Waals surface area contributed by atoms with Gasteiger partial charge < -0.3 is 14.6 Å². The number of aliphatic hydroxyl groups excluding tert-OH is 1. The number of allylic oxidation sites excluding steroid dienone is 4. The highest BCUT2D eigenvalue weighted by molar-refractivity contribution is 5.48. The summed E-state index contributed by atoms with van der Waals surface area (Å²) in [6.07, 6.45) is 9.72. The lowest BCUT2D eigenvalue weighted by Gasteiger charge is -2.04. The Morgan fingerprint density at radius 3 is 3.07 bits per heavy atom. The predicted octanol–water partition coefficient (Wildman–Crippen LogP) is 2.27. The van der Waals surface area contributed by atoms with Crippen LogP contribution in [0.3, 0.4) is 0 Å². The number of rotatable bonds is 5. The summed E-state index contributed by atoms with van der Waals surface area (Å²) in [4.78, 5) is 10.0. The summed E-state index contributed by atoms with van der Waals surface area (Å²) in [5.41, 5.74) is 0. The van der Waals surface area contributed by atoms with Crippen LogP contribution >= 0.6 is 0 Å². The molecule has 0 aromatic rings. The second-order valence-electron chi connectivity index (χ2n) is 2.96. The van der Waals surface area contributed by atoms with E-state index in [0.29, 0.717) is 19.4 Å². The first-order valence-electron chi connectivity index (χ1n) is 4.66. The molecule has 0 heterocycles. The van der Waals surface area contributed by atoms with E-state index in [9.17, 15) is 4.79 Å². The number of carbonyl (C=O) groups is 1. The van der Waals surface area contributed by atoms with Crippen LogP contribution in [0.1, 0.15) is 19.3 Å². The van der Waals surface area contributed by atoms with Crippen LogP contribution in [0.15, 0.2) is 35.8 Å². The van der Waals surface area contributed by atoms with E-state index in [4.69, 9.17) is 9.84 Å². The van der Waals surface area contributed by atoms with Crippen LogP contribution < -0.4 is 0 Å². The first kappa shape index (κ1) is 10.6. The fraction of sp³-hybridized carbons (Fsp3) is 0.364. The first-order chi connectivity index (χ1) is 6.83. The molecule has 0 bridgehead atoms. The van der Waals surface area contributed by atoms with Crippen LogP contribution in [0.2, 0.25) is 0 Å². The molecule has 3 nitrogen and oxygen atoms in total. The van der Waals surface area contributed by atoms with Gasteiger partial charge in [0, 0.05) is 6.42 Å². The summed E-state index contributed by atoms with van der Waals surface area (Å²) >= 11 is 0. The van der Waals surface area contributed by atoms with Gasteiger partial charge in [-0.05, 0) is 37.1 Å². The van der Waals surface area contributed by atoms with Gasteiger partial charge in [-0.1, -0.05) is 0 Å². The zero-order chi connectivity index (χ0) is 10.2. The van der Waals surface area contributed by atoms with Crippen LogP contribution in [0.25, 0.3) is 0 Å². The normalized spacial score (nSPS) is 15.4. The van der Waals surface area contributed by atoms with Crippen molar-refractivity contribution in [2.24, 2.45) is 0 Å². The molecule has 0 aliphatic heterocycles. The molecule has 0 spiro atoms. The third kappa shape index (κ3) is 3.94. The van der Waals surface area contributed by atoms with Crippen molar-refractivity contribution < 1.29 is 14.6 Å².